The Hall–Kier alpha value is -3.16. The number of para-hydroxylation sites is 1. The Morgan fingerprint density at radius 2 is 2.15 bits per heavy atom. The maximum absolute atomic E-state index is 12.7. The molecule has 1 unspecified atom stereocenters. The van der Waals surface area contributed by atoms with Crippen molar-refractivity contribution in [3.8, 4) is 11.6 Å². The Morgan fingerprint density at radius 1 is 1.27 bits per heavy atom. The lowest BCUT2D eigenvalue weighted by molar-refractivity contribution is -0.134. The van der Waals surface area contributed by atoms with Crippen molar-refractivity contribution >= 4 is 11.6 Å². The van der Waals surface area contributed by atoms with Gasteiger partial charge >= 0.3 is 0 Å². The van der Waals surface area contributed by atoms with E-state index in [1.165, 1.54) is 10.8 Å². The van der Waals surface area contributed by atoms with E-state index in [4.69, 9.17) is 9.47 Å². The van der Waals surface area contributed by atoms with Gasteiger partial charge in [0, 0.05) is 18.2 Å². The molecular weight excluding hydrogens is 334 g/mol. The zero-order chi connectivity index (χ0) is 17.9. The van der Waals surface area contributed by atoms with Gasteiger partial charge in [-0.15, -0.1) is 15.3 Å². The summed E-state index contributed by atoms with van der Waals surface area (Å²) in [5.41, 5.74) is 1.66. The number of carbonyl (C=O) groups is 1. The highest BCUT2D eigenvalue weighted by Crippen LogP contribution is 2.36. The number of nitrogens with zero attached hydrogens (tertiary/aromatic N) is 5. The normalized spacial score (nSPS) is 16.8. The topological polar surface area (TPSA) is 81.8 Å². The predicted octanol–water partition coefficient (Wildman–Crippen LogP) is 1.88. The molecule has 1 aliphatic heterocycles. The summed E-state index contributed by atoms with van der Waals surface area (Å²) in [5, 5.41) is 11.9. The maximum atomic E-state index is 12.7. The van der Waals surface area contributed by atoms with Crippen LogP contribution < -0.4 is 9.47 Å². The van der Waals surface area contributed by atoms with Crippen molar-refractivity contribution in [2.45, 2.75) is 18.9 Å². The number of benzene rings is 1. The Kier molecular flexibility index (Phi) is 4.39. The third-order valence-corrected chi connectivity index (χ3v) is 4.55. The number of methoxy groups -OCH3 is 1. The molecule has 8 heteroatoms. The molecule has 0 bridgehead atoms. The maximum Gasteiger partial charge on any atom is 0.261 e. The first-order chi connectivity index (χ1) is 12.8. The number of fused-ring (bicyclic) bond motifs is 1. The van der Waals surface area contributed by atoms with Crippen LogP contribution in [0.15, 0.2) is 42.7 Å². The summed E-state index contributed by atoms with van der Waals surface area (Å²) in [7, 11) is 1.65. The van der Waals surface area contributed by atoms with Crippen LogP contribution in [-0.4, -0.2) is 50.9 Å². The van der Waals surface area contributed by atoms with Crippen LogP contribution in [0.2, 0.25) is 0 Å². The van der Waals surface area contributed by atoms with Crippen LogP contribution in [0, 0.1) is 0 Å². The quantitative estimate of drug-likeness (QED) is 0.696. The number of hydrogen-bond donors (Lipinski definition) is 0. The van der Waals surface area contributed by atoms with Crippen molar-refractivity contribution in [2.24, 2.45) is 0 Å². The molecule has 4 rings (SSSR count). The van der Waals surface area contributed by atoms with E-state index in [1.54, 1.807) is 19.2 Å². The molecule has 1 aliphatic rings. The van der Waals surface area contributed by atoms with Gasteiger partial charge in [-0.2, -0.15) is 4.52 Å². The molecule has 26 heavy (non-hydrogen) atoms. The van der Waals surface area contributed by atoms with Crippen molar-refractivity contribution < 1.29 is 14.3 Å². The zero-order valence-electron chi connectivity index (χ0n) is 14.4. The predicted molar refractivity (Wildman–Crippen MR) is 93.0 cm³/mol. The summed E-state index contributed by atoms with van der Waals surface area (Å²) in [6.07, 6.45) is 3.36. The molecule has 0 saturated carbocycles. The van der Waals surface area contributed by atoms with Crippen LogP contribution in [-0.2, 0) is 4.79 Å². The van der Waals surface area contributed by atoms with E-state index in [0.717, 1.165) is 24.2 Å². The second-order valence-corrected chi connectivity index (χ2v) is 6.08. The fourth-order valence-corrected chi connectivity index (χ4v) is 3.34. The van der Waals surface area contributed by atoms with E-state index >= 15 is 0 Å². The highest BCUT2D eigenvalue weighted by atomic mass is 16.5. The fourth-order valence-electron chi connectivity index (χ4n) is 3.34. The largest absolute Gasteiger partial charge is 0.496 e. The molecule has 1 aromatic carbocycles. The third kappa shape index (κ3) is 3.05. The van der Waals surface area contributed by atoms with Gasteiger partial charge in [-0.1, -0.05) is 18.2 Å². The summed E-state index contributed by atoms with van der Waals surface area (Å²) in [4.78, 5) is 14.6. The van der Waals surface area contributed by atoms with Gasteiger partial charge in [-0.3, -0.25) is 4.79 Å². The molecule has 0 N–H and O–H groups in total. The molecule has 8 nitrogen and oxygen atoms in total. The number of aromatic nitrogens is 4. The van der Waals surface area contributed by atoms with Gasteiger partial charge in [0.25, 0.3) is 5.91 Å². The van der Waals surface area contributed by atoms with Gasteiger partial charge in [0.1, 0.15) is 12.1 Å². The number of carbonyl (C=O) groups excluding carboxylic acids is 1. The van der Waals surface area contributed by atoms with E-state index in [2.05, 4.69) is 15.3 Å². The van der Waals surface area contributed by atoms with Crippen LogP contribution in [0.5, 0.6) is 11.6 Å². The number of ether oxygens (including phenoxy) is 2. The van der Waals surface area contributed by atoms with Crippen LogP contribution >= 0.6 is 0 Å². The lowest BCUT2D eigenvalue weighted by atomic mass is 10.0. The first-order valence-electron chi connectivity index (χ1n) is 8.48. The molecule has 0 spiro atoms. The van der Waals surface area contributed by atoms with E-state index in [9.17, 15) is 4.79 Å². The highest BCUT2D eigenvalue weighted by molar-refractivity contribution is 5.78. The molecule has 0 radical (unpaired) electrons. The Balaban J connectivity index is 1.46. The molecule has 1 atom stereocenters. The van der Waals surface area contributed by atoms with E-state index in [0.29, 0.717) is 18.1 Å². The van der Waals surface area contributed by atoms with Crippen LogP contribution in [0.25, 0.3) is 5.65 Å². The number of rotatable bonds is 5. The average molecular weight is 353 g/mol. The number of hydrogen-bond acceptors (Lipinski definition) is 6. The van der Waals surface area contributed by atoms with Gasteiger partial charge in [0.15, 0.2) is 12.3 Å². The van der Waals surface area contributed by atoms with Gasteiger partial charge in [0.2, 0.25) is 5.88 Å². The van der Waals surface area contributed by atoms with Crippen LogP contribution in [0.1, 0.15) is 24.4 Å². The summed E-state index contributed by atoms with van der Waals surface area (Å²) in [6.45, 7) is 0.648. The van der Waals surface area contributed by atoms with Gasteiger partial charge in [-0.25, -0.2) is 0 Å². The lowest BCUT2D eigenvalue weighted by Gasteiger charge is -2.26. The minimum Gasteiger partial charge on any atom is -0.496 e. The van der Waals surface area contributed by atoms with Gasteiger partial charge in [-0.05, 0) is 25.0 Å². The summed E-state index contributed by atoms with van der Waals surface area (Å²) >= 11 is 0. The smallest absolute Gasteiger partial charge is 0.261 e. The number of amides is 1. The second kappa shape index (κ2) is 6.99. The molecule has 3 heterocycles. The average Bonchev–Trinajstić information content (AvgIpc) is 3.34. The molecule has 3 aromatic rings. The molecule has 0 aliphatic carbocycles. The number of likely N-dealkylation sites (tertiary alicyclic amines) is 1. The van der Waals surface area contributed by atoms with E-state index < -0.39 is 0 Å². The van der Waals surface area contributed by atoms with E-state index in [1.807, 2.05) is 29.2 Å². The molecule has 134 valence electrons. The van der Waals surface area contributed by atoms with Crippen molar-refractivity contribution in [3.63, 3.8) is 0 Å². The molecule has 1 amide bonds. The van der Waals surface area contributed by atoms with E-state index in [-0.39, 0.29) is 18.6 Å². The summed E-state index contributed by atoms with van der Waals surface area (Å²) in [6, 6.07) is 11.3. The van der Waals surface area contributed by atoms with Gasteiger partial charge < -0.3 is 14.4 Å². The monoisotopic (exact) mass is 353 g/mol. The standard InChI is InChI=1S/C18H19N5O3/c1-25-15-7-3-2-5-13(15)14-6-4-10-22(14)18(24)11-26-17-9-8-16-20-19-12-23(16)21-17/h2-3,5,7-9,12,14H,4,6,10-11H2,1H3. The Bertz CT molecular complexity index is 926. The van der Waals surface area contributed by atoms with Crippen molar-refractivity contribution in [2.75, 3.05) is 20.3 Å². The second-order valence-electron chi connectivity index (χ2n) is 6.08. The Morgan fingerprint density at radius 3 is 3.04 bits per heavy atom. The van der Waals surface area contributed by atoms with Crippen molar-refractivity contribution in [3.05, 3.63) is 48.3 Å². The lowest BCUT2D eigenvalue weighted by Crippen LogP contribution is -2.34. The van der Waals surface area contributed by atoms with Crippen LogP contribution in [0.3, 0.4) is 0 Å². The molecular formula is C18H19N5O3. The fraction of sp³-hybridized carbons (Fsp3) is 0.333. The first kappa shape index (κ1) is 16.3. The molecule has 2 aromatic heterocycles. The van der Waals surface area contributed by atoms with Crippen molar-refractivity contribution in [1.82, 2.24) is 24.7 Å². The molecule has 1 fully saturated rings. The van der Waals surface area contributed by atoms with Crippen LogP contribution in [0.4, 0.5) is 0 Å². The molecule has 1 saturated heterocycles. The third-order valence-electron chi connectivity index (χ3n) is 4.55. The Labute approximate surface area is 150 Å². The zero-order valence-corrected chi connectivity index (χ0v) is 14.4. The first-order valence-corrected chi connectivity index (χ1v) is 8.48. The minimum absolute atomic E-state index is 0.00976. The highest BCUT2D eigenvalue weighted by Gasteiger charge is 2.31. The SMILES string of the molecule is COc1ccccc1C1CCCN1C(=O)COc1ccc2nncn2n1. The van der Waals surface area contributed by atoms with Crippen molar-refractivity contribution in [1.29, 1.82) is 0 Å². The summed E-state index contributed by atoms with van der Waals surface area (Å²) < 4.78 is 12.6. The summed E-state index contributed by atoms with van der Waals surface area (Å²) in [5.74, 6) is 1.10. The van der Waals surface area contributed by atoms with Gasteiger partial charge in [0.05, 0.1) is 13.2 Å². The minimum atomic E-state index is -0.0657.